The van der Waals surface area contributed by atoms with E-state index in [1.54, 1.807) is 49.6 Å². The van der Waals surface area contributed by atoms with E-state index in [2.05, 4.69) is 10.5 Å². The van der Waals surface area contributed by atoms with Gasteiger partial charge in [-0.25, -0.2) is 0 Å². The molecule has 0 atom stereocenters. The van der Waals surface area contributed by atoms with Gasteiger partial charge in [0.2, 0.25) is 6.79 Å². The Balaban J connectivity index is 1.57. The highest BCUT2D eigenvalue weighted by atomic mass is 16.7. The van der Waals surface area contributed by atoms with Crippen LogP contribution in [0.25, 0.3) is 11.3 Å². The van der Waals surface area contributed by atoms with Gasteiger partial charge in [0.1, 0.15) is 11.3 Å². The first-order valence-corrected chi connectivity index (χ1v) is 7.55. The molecule has 0 bridgehead atoms. The average Bonchev–Trinajstić information content (AvgIpc) is 3.30. The predicted octanol–water partition coefficient (Wildman–Crippen LogP) is 3.33. The number of benzene rings is 2. The highest BCUT2D eigenvalue weighted by Crippen LogP contribution is 2.34. The van der Waals surface area contributed by atoms with Gasteiger partial charge in [0.05, 0.1) is 13.3 Å². The number of nitrogens with zero attached hydrogens (tertiary/aromatic N) is 1. The second-order valence-corrected chi connectivity index (χ2v) is 5.32. The number of ether oxygens (including phenoxy) is 3. The van der Waals surface area contributed by atoms with Crippen molar-refractivity contribution in [1.29, 1.82) is 0 Å². The minimum Gasteiger partial charge on any atom is -0.497 e. The van der Waals surface area contributed by atoms with E-state index < -0.39 is 0 Å². The molecular formula is C18H14N2O5. The van der Waals surface area contributed by atoms with Crippen molar-refractivity contribution in [2.45, 2.75) is 0 Å². The van der Waals surface area contributed by atoms with Crippen LogP contribution in [0.15, 0.2) is 53.2 Å². The van der Waals surface area contributed by atoms with Crippen LogP contribution in [0.3, 0.4) is 0 Å². The second-order valence-electron chi connectivity index (χ2n) is 5.32. The Morgan fingerprint density at radius 1 is 1.12 bits per heavy atom. The lowest BCUT2D eigenvalue weighted by molar-refractivity contribution is 0.102. The van der Waals surface area contributed by atoms with Gasteiger partial charge >= 0.3 is 0 Å². The molecule has 126 valence electrons. The molecule has 2 heterocycles. The lowest BCUT2D eigenvalue weighted by Crippen LogP contribution is -2.12. The SMILES string of the molecule is COc1ccc(-c2oncc2C(=O)Nc2ccc3c(c2)OCO3)cc1. The summed E-state index contributed by atoms with van der Waals surface area (Å²) in [5.74, 6) is 2.03. The van der Waals surface area contributed by atoms with E-state index in [0.29, 0.717) is 28.5 Å². The van der Waals surface area contributed by atoms with Gasteiger partial charge in [0.25, 0.3) is 5.91 Å². The van der Waals surface area contributed by atoms with E-state index in [1.165, 1.54) is 6.20 Å². The van der Waals surface area contributed by atoms with Crippen LogP contribution in [-0.2, 0) is 0 Å². The van der Waals surface area contributed by atoms with Gasteiger partial charge < -0.3 is 24.1 Å². The highest BCUT2D eigenvalue weighted by Gasteiger charge is 2.19. The zero-order chi connectivity index (χ0) is 17.2. The van der Waals surface area contributed by atoms with Gasteiger partial charge in [-0.1, -0.05) is 5.16 Å². The molecule has 0 spiro atoms. The van der Waals surface area contributed by atoms with Gasteiger partial charge in [-0.3, -0.25) is 4.79 Å². The van der Waals surface area contributed by atoms with Gasteiger partial charge in [-0.2, -0.15) is 0 Å². The molecule has 0 saturated heterocycles. The zero-order valence-corrected chi connectivity index (χ0v) is 13.3. The molecule has 0 radical (unpaired) electrons. The smallest absolute Gasteiger partial charge is 0.261 e. The van der Waals surface area contributed by atoms with Crippen LogP contribution in [0.1, 0.15) is 10.4 Å². The number of methoxy groups -OCH3 is 1. The standard InChI is InChI=1S/C18H14N2O5/c1-22-13-5-2-11(3-6-13)17-14(9-19-25-17)18(21)20-12-4-7-15-16(8-12)24-10-23-15/h2-9H,10H2,1H3,(H,20,21). The van der Waals surface area contributed by atoms with Crippen molar-refractivity contribution in [3.05, 3.63) is 54.2 Å². The fraction of sp³-hybridized carbons (Fsp3) is 0.111. The summed E-state index contributed by atoms with van der Waals surface area (Å²) in [4.78, 5) is 12.6. The Morgan fingerprint density at radius 2 is 1.92 bits per heavy atom. The number of hydrogen-bond donors (Lipinski definition) is 1. The molecular weight excluding hydrogens is 324 g/mol. The molecule has 3 aromatic rings. The van der Waals surface area contributed by atoms with Gasteiger partial charge in [-0.05, 0) is 36.4 Å². The maximum Gasteiger partial charge on any atom is 0.261 e. The van der Waals surface area contributed by atoms with Crippen LogP contribution >= 0.6 is 0 Å². The summed E-state index contributed by atoms with van der Waals surface area (Å²) in [7, 11) is 1.59. The topological polar surface area (TPSA) is 82.8 Å². The molecule has 1 aromatic heterocycles. The van der Waals surface area contributed by atoms with Crippen LogP contribution in [0.5, 0.6) is 17.2 Å². The minimum absolute atomic E-state index is 0.181. The molecule has 1 amide bonds. The molecule has 0 saturated carbocycles. The first-order valence-electron chi connectivity index (χ1n) is 7.55. The van der Waals surface area contributed by atoms with Gasteiger partial charge in [-0.15, -0.1) is 0 Å². The van der Waals surface area contributed by atoms with Crippen LogP contribution in [0, 0.1) is 0 Å². The molecule has 0 unspecified atom stereocenters. The fourth-order valence-electron chi connectivity index (χ4n) is 2.52. The molecule has 1 aliphatic rings. The molecule has 1 aliphatic heterocycles. The predicted molar refractivity (Wildman–Crippen MR) is 89.0 cm³/mol. The average molecular weight is 338 g/mol. The summed E-state index contributed by atoms with van der Waals surface area (Å²) >= 11 is 0. The summed E-state index contributed by atoms with van der Waals surface area (Å²) < 4.78 is 21.0. The Morgan fingerprint density at radius 3 is 2.72 bits per heavy atom. The number of amides is 1. The van der Waals surface area contributed by atoms with Crippen LogP contribution in [-0.4, -0.2) is 25.0 Å². The molecule has 0 aliphatic carbocycles. The summed E-state index contributed by atoms with van der Waals surface area (Å²) in [6.45, 7) is 0.181. The normalized spacial score (nSPS) is 12.0. The first kappa shape index (κ1) is 15.1. The van der Waals surface area contributed by atoms with Gasteiger partial charge in [0, 0.05) is 17.3 Å². The number of anilines is 1. The van der Waals surface area contributed by atoms with Gasteiger partial charge in [0.15, 0.2) is 17.3 Å². The summed E-state index contributed by atoms with van der Waals surface area (Å²) in [6.07, 6.45) is 1.39. The number of rotatable bonds is 4. The maximum atomic E-state index is 12.6. The van der Waals surface area contributed by atoms with E-state index in [1.807, 2.05) is 0 Å². The fourth-order valence-corrected chi connectivity index (χ4v) is 2.52. The zero-order valence-electron chi connectivity index (χ0n) is 13.3. The second kappa shape index (κ2) is 6.20. The largest absolute Gasteiger partial charge is 0.497 e. The van der Waals surface area contributed by atoms with Crippen molar-refractivity contribution in [3.63, 3.8) is 0 Å². The Kier molecular flexibility index (Phi) is 3.74. The molecule has 4 rings (SSSR count). The number of fused-ring (bicyclic) bond motifs is 1. The third-order valence-corrected chi connectivity index (χ3v) is 3.80. The van der Waals surface area contributed by atoms with E-state index in [4.69, 9.17) is 18.7 Å². The van der Waals surface area contributed by atoms with Crippen molar-refractivity contribution in [3.8, 4) is 28.6 Å². The minimum atomic E-state index is -0.328. The number of hydrogen-bond acceptors (Lipinski definition) is 6. The van der Waals surface area contributed by atoms with E-state index in [-0.39, 0.29) is 12.7 Å². The monoisotopic (exact) mass is 338 g/mol. The van der Waals surface area contributed by atoms with Crippen LogP contribution < -0.4 is 19.5 Å². The number of carbonyl (C=O) groups excluding carboxylic acids is 1. The summed E-state index contributed by atoms with van der Waals surface area (Å²) in [6, 6.07) is 12.4. The van der Waals surface area contributed by atoms with E-state index in [9.17, 15) is 4.79 Å². The van der Waals surface area contributed by atoms with Crippen molar-refractivity contribution in [1.82, 2.24) is 5.16 Å². The maximum absolute atomic E-state index is 12.6. The molecule has 7 heteroatoms. The molecule has 2 aromatic carbocycles. The quantitative estimate of drug-likeness (QED) is 0.786. The molecule has 25 heavy (non-hydrogen) atoms. The van der Waals surface area contributed by atoms with Crippen molar-refractivity contribution in [2.75, 3.05) is 19.2 Å². The van der Waals surface area contributed by atoms with Crippen molar-refractivity contribution in [2.24, 2.45) is 0 Å². The van der Waals surface area contributed by atoms with Crippen LogP contribution in [0.4, 0.5) is 5.69 Å². The highest BCUT2D eigenvalue weighted by molar-refractivity contribution is 6.07. The number of aromatic nitrogens is 1. The Hall–Kier alpha value is -3.48. The van der Waals surface area contributed by atoms with Crippen LogP contribution in [0.2, 0.25) is 0 Å². The Bertz CT molecular complexity index is 917. The number of carbonyl (C=O) groups is 1. The van der Waals surface area contributed by atoms with Crippen molar-refractivity contribution < 1.29 is 23.5 Å². The summed E-state index contributed by atoms with van der Waals surface area (Å²) in [5.41, 5.74) is 1.66. The number of nitrogens with one attached hydrogen (secondary N) is 1. The molecule has 1 N–H and O–H groups in total. The summed E-state index contributed by atoms with van der Waals surface area (Å²) in [5, 5.41) is 6.56. The first-order chi connectivity index (χ1) is 12.2. The molecule has 7 nitrogen and oxygen atoms in total. The molecule has 0 fully saturated rings. The lowest BCUT2D eigenvalue weighted by atomic mass is 10.1. The third kappa shape index (κ3) is 2.87. The third-order valence-electron chi connectivity index (χ3n) is 3.80. The van der Waals surface area contributed by atoms with Crippen molar-refractivity contribution >= 4 is 11.6 Å². The lowest BCUT2D eigenvalue weighted by Gasteiger charge is -2.06. The van der Waals surface area contributed by atoms with E-state index in [0.717, 1.165) is 11.3 Å². The Labute approximate surface area is 143 Å². The van der Waals surface area contributed by atoms with E-state index >= 15 is 0 Å².